The molecule has 2 heterocycles. The maximum absolute atomic E-state index is 15.0. The summed E-state index contributed by atoms with van der Waals surface area (Å²) in [6.45, 7) is 0.393. The molecule has 3 aromatic carbocycles. The molecule has 6 rings (SSSR count). The Labute approximate surface area is 258 Å². The van der Waals surface area contributed by atoms with Gasteiger partial charge in [-0.05, 0) is 42.7 Å². The van der Waals surface area contributed by atoms with E-state index in [1.165, 1.54) is 19.3 Å². The molecule has 8 nitrogen and oxygen atoms in total. The Morgan fingerprint density at radius 3 is 2.16 bits per heavy atom. The summed E-state index contributed by atoms with van der Waals surface area (Å²) in [4.78, 5) is 31.6. The summed E-state index contributed by atoms with van der Waals surface area (Å²) in [6.07, 6.45) is 7.61. The fourth-order valence-electron chi connectivity index (χ4n) is 7.03. The number of hydrogen-bond donors (Lipinski definition) is 1. The van der Waals surface area contributed by atoms with Crippen LogP contribution in [0.15, 0.2) is 72.8 Å². The minimum absolute atomic E-state index is 0.0454. The van der Waals surface area contributed by atoms with Gasteiger partial charge in [-0.25, -0.2) is 0 Å². The number of nitrogens with one attached hydrogen (secondary N) is 1. The van der Waals surface area contributed by atoms with Crippen molar-refractivity contribution in [1.29, 1.82) is 0 Å². The van der Waals surface area contributed by atoms with Gasteiger partial charge in [-0.1, -0.05) is 80.6 Å². The molecular weight excluding hydrogens is 554 g/mol. The molecule has 1 aromatic heterocycles. The molecule has 44 heavy (non-hydrogen) atoms. The van der Waals surface area contributed by atoms with E-state index in [2.05, 4.69) is 5.32 Å². The zero-order valence-corrected chi connectivity index (χ0v) is 25.8. The summed E-state index contributed by atoms with van der Waals surface area (Å²) in [5, 5.41) is 4.21. The highest BCUT2D eigenvalue weighted by molar-refractivity contribution is 6.06. The van der Waals surface area contributed by atoms with Crippen LogP contribution in [-0.2, 0) is 23.4 Å². The number of hydrogen-bond acceptors (Lipinski definition) is 5. The molecule has 1 aliphatic heterocycles. The molecule has 1 saturated carbocycles. The topological polar surface area (TPSA) is 82.0 Å². The van der Waals surface area contributed by atoms with Crippen molar-refractivity contribution in [3.8, 4) is 17.2 Å². The fourth-order valence-corrected chi connectivity index (χ4v) is 7.03. The second kappa shape index (κ2) is 12.6. The second-order valence-corrected chi connectivity index (χ2v) is 11.8. The number of para-hydroxylation sites is 1. The molecule has 1 fully saturated rings. The standard InChI is InChI=1S/C36H41N3O5/c1-42-30-19-13-12-14-25(30)23-39-34(40)29-22-28-31(43-2)20-21-32(44-3)33(28)38(29)24-36(39,26-15-8-7-9-16-26)35(41)37-27-17-10-5-4-6-11-18-27/h7-9,12-16,19-22,27H,4-6,10-11,17-18,23-24H2,1-3H3,(H,37,41). The zero-order chi connectivity index (χ0) is 30.7. The van der Waals surface area contributed by atoms with E-state index in [9.17, 15) is 4.79 Å². The van der Waals surface area contributed by atoms with Gasteiger partial charge in [0.2, 0.25) is 0 Å². The van der Waals surface area contributed by atoms with Crippen LogP contribution in [0.1, 0.15) is 66.6 Å². The third-order valence-electron chi connectivity index (χ3n) is 9.32. The molecule has 0 radical (unpaired) electrons. The summed E-state index contributed by atoms with van der Waals surface area (Å²) < 4.78 is 19.2. The van der Waals surface area contributed by atoms with Crippen molar-refractivity contribution < 1.29 is 23.8 Å². The SMILES string of the molecule is COc1ccccc1CN1C(=O)c2cc3c(OC)ccc(OC)c3n2CC1(C(=O)NC1CCCCCCC1)c1ccccc1. The van der Waals surface area contributed by atoms with Gasteiger partial charge in [0.1, 0.15) is 22.9 Å². The Bertz CT molecular complexity index is 1640. The molecule has 1 atom stereocenters. The van der Waals surface area contributed by atoms with Crippen LogP contribution >= 0.6 is 0 Å². The monoisotopic (exact) mass is 595 g/mol. The smallest absolute Gasteiger partial charge is 0.272 e. The molecule has 4 aromatic rings. The van der Waals surface area contributed by atoms with Gasteiger partial charge in [0.15, 0.2) is 5.54 Å². The van der Waals surface area contributed by atoms with Gasteiger partial charge in [-0.2, -0.15) is 0 Å². The van der Waals surface area contributed by atoms with Gasteiger partial charge in [0.05, 0.1) is 39.9 Å². The van der Waals surface area contributed by atoms with Gasteiger partial charge >= 0.3 is 0 Å². The van der Waals surface area contributed by atoms with Crippen molar-refractivity contribution in [3.05, 3.63) is 89.6 Å². The van der Waals surface area contributed by atoms with Crippen molar-refractivity contribution in [2.24, 2.45) is 0 Å². The zero-order valence-electron chi connectivity index (χ0n) is 25.8. The van der Waals surface area contributed by atoms with Crippen LogP contribution in [0.5, 0.6) is 17.2 Å². The first-order chi connectivity index (χ1) is 21.5. The number of rotatable bonds is 8. The number of carbonyl (C=O) groups excluding carboxylic acids is 2. The van der Waals surface area contributed by atoms with E-state index < -0.39 is 5.54 Å². The summed E-state index contributed by atoms with van der Waals surface area (Å²) >= 11 is 0. The Kier molecular flexibility index (Phi) is 8.51. The highest BCUT2D eigenvalue weighted by Crippen LogP contribution is 2.44. The number of nitrogens with zero attached hydrogens (tertiary/aromatic N) is 2. The van der Waals surface area contributed by atoms with Crippen LogP contribution in [-0.4, -0.2) is 48.7 Å². The lowest BCUT2D eigenvalue weighted by molar-refractivity contribution is -0.136. The molecule has 1 unspecified atom stereocenters. The predicted molar refractivity (Wildman–Crippen MR) is 170 cm³/mol. The molecule has 230 valence electrons. The maximum Gasteiger partial charge on any atom is 0.272 e. The summed E-state index contributed by atoms with van der Waals surface area (Å²) in [6, 6.07) is 23.0. The molecule has 0 bridgehead atoms. The quantitative estimate of drug-likeness (QED) is 0.253. The van der Waals surface area contributed by atoms with Crippen molar-refractivity contribution in [2.45, 2.75) is 69.6 Å². The van der Waals surface area contributed by atoms with Gasteiger partial charge in [0.25, 0.3) is 11.8 Å². The first kappa shape index (κ1) is 29.6. The van der Waals surface area contributed by atoms with Gasteiger partial charge in [-0.3, -0.25) is 9.59 Å². The van der Waals surface area contributed by atoms with E-state index in [-0.39, 0.29) is 30.9 Å². The fraction of sp³-hybridized carbons (Fsp3) is 0.389. The van der Waals surface area contributed by atoms with Crippen LogP contribution in [0.25, 0.3) is 10.9 Å². The van der Waals surface area contributed by atoms with Crippen LogP contribution in [0.3, 0.4) is 0 Å². The third-order valence-corrected chi connectivity index (χ3v) is 9.32. The predicted octanol–water partition coefficient (Wildman–Crippen LogP) is 6.45. The number of aromatic nitrogens is 1. The second-order valence-electron chi connectivity index (χ2n) is 11.8. The molecule has 2 aliphatic rings. The Morgan fingerprint density at radius 2 is 1.45 bits per heavy atom. The van der Waals surface area contributed by atoms with E-state index in [0.717, 1.165) is 47.7 Å². The molecular formula is C36H41N3O5. The van der Waals surface area contributed by atoms with Gasteiger partial charge in [-0.15, -0.1) is 0 Å². The Hall–Kier alpha value is -4.46. The minimum Gasteiger partial charge on any atom is -0.496 e. The molecule has 0 saturated heterocycles. The van der Waals surface area contributed by atoms with Crippen LogP contribution in [0.2, 0.25) is 0 Å². The van der Waals surface area contributed by atoms with E-state index in [1.54, 1.807) is 26.2 Å². The highest BCUT2D eigenvalue weighted by atomic mass is 16.5. The Morgan fingerprint density at radius 1 is 0.818 bits per heavy atom. The molecule has 0 spiro atoms. The highest BCUT2D eigenvalue weighted by Gasteiger charge is 2.53. The van der Waals surface area contributed by atoms with Crippen molar-refractivity contribution in [3.63, 3.8) is 0 Å². The molecule has 8 heteroatoms. The van der Waals surface area contributed by atoms with Crippen LogP contribution < -0.4 is 19.5 Å². The molecule has 2 amide bonds. The van der Waals surface area contributed by atoms with Crippen LogP contribution in [0.4, 0.5) is 0 Å². The number of carbonyl (C=O) groups is 2. The Balaban J connectivity index is 1.57. The van der Waals surface area contributed by atoms with E-state index in [0.29, 0.717) is 22.9 Å². The van der Waals surface area contributed by atoms with Crippen LogP contribution in [0, 0.1) is 0 Å². The maximum atomic E-state index is 15.0. The number of fused-ring (bicyclic) bond motifs is 3. The van der Waals surface area contributed by atoms with Gasteiger partial charge < -0.3 is 29.0 Å². The van der Waals surface area contributed by atoms with Crippen molar-refractivity contribution >= 4 is 22.7 Å². The summed E-state index contributed by atoms with van der Waals surface area (Å²) in [7, 11) is 4.86. The third kappa shape index (κ3) is 5.16. The lowest BCUT2D eigenvalue weighted by Crippen LogP contribution is -2.64. The number of methoxy groups -OCH3 is 3. The average molecular weight is 596 g/mol. The number of ether oxygens (including phenoxy) is 3. The minimum atomic E-state index is -1.35. The molecule has 1 aliphatic carbocycles. The van der Waals surface area contributed by atoms with Gasteiger partial charge in [0, 0.05) is 17.0 Å². The number of amides is 2. The summed E-state index contributed by atoms with van der Waals surface area (Å²) in [5.41, 5.74) is 1.42. The first-order valence-corrected chi connectivity index (χ1v) is 15.6. The lowest BCUT2D eigenvalue weighted by Gasteiger charge is -2.47. The molecule has 1 N–H and O–H groups in total. The first-order valence-electron chi connectivity index (χ1n) is 15.6. The average Bonchev–Trinajstić information content (AvgIpc) is 3.43. The van der Waals surface area contributed by atoms with E-state index in [4.69, 9.17) is 14.2 Å². The van der Waals surface area contributed by atoms with E-state index >= 15 is 4.79 Å². The van der Waals surface area contributed by atoms with Crippen molar-refractivity contribution in [1.82, 2.24) is 14.8 Å². The lowest BCUT2D eigenvalue weighted by atomic mass is 9.83. The largest absolute Gasteiger partial charge is 0.496 e. The summed E-state index contributed by atoms with van der Waals surface area (Å²) in [5.74, 6) is 1.49. The normalized spacial score (nSPS) is 19.2. The van der Waals surface area contributed by atoms with E-state index in [1.807, 2.05) is 77.4 Å². The number of benzene rings is 3. The van der Waals surface area contributed by atoms with Crippen molar-refractivity contribution in [2.75, 3.05) is 21.3 Å².